The number of para-hydroxylation sites is 1. The van der Waals surface area contributed by atoms with Gasteiger partial charge in [-0.3, -0.25) is 4.79 Å². The quantitative estimate of drug-likeness (QED) is 0.867. The summed E-state index contributed by atoms with van der Waals surface area (Å²) in [6.45, 7) is 4.78. The van der Waals surface area contributed by atoms with Crippen LogP contribution in [0, 0.1) is 5.92 Å². The van der Waals surface area contributed by atoms with E-state index in [-0.39, 0.29) is 11.8 Å². The molecule has 1 aromatic carbocycles. The number of nitrogens with one attached hydrogen (secondary N) is 1. The highest BCUT2D eigenvalue weighted by Crippen LogP contribution is 2.31. The summed E-state index contributed by atoms with van der Waals surface area (Å²) in [7, 11) is 0. The number of fused-ring (bicyclic) bond motifs is 2. The highest BCUT2D eigenvalue weighted by atomic mass is 16.5. The number of benzene rings is 1. The average molecular weight is 367 g/mol. The molecule has 0 aliphatic carbocycles. The van der Waals surface area contributed by atoms with Crippen LogP contribution < -0.4 is 10.1 Å². The van der Waals surface area contributed by atoms with E-state index in [1.165, 1.54) is 0 Å². The van der Waals surface area contributed by atoms with Crippen LogP contribution in [-0.4, -0.2) is 51.8 Å². The van der Waals surface area contributed by atoms with Crippen molar-refractivity contribution < 1.29 is 9.53 Å². The summed E-state index contributed by atoms with van der Waals surface area (Å²) in [5.41, 5.74) is 1.14. The smallest absolute Gasteiger partial charge is 0.229 e. The molecule has 1 N–H and O–H groups in total. The third-order valence-electron chi connectivity index (χ3n) is 6.05. The monoisotopic (exact) mass is 367 g/mol. The SMILES string of the molecule is O=C(C1COc2ccccc2C1)N1CCC(c2nnc3n2CCNC3)CC1. The number of amides is 1. The highest BCUT2D eigenvalue weighted by molar-refractivity contribution is 5.80. The van der Waals surface area contributed by atoms with Crippen LogP contribution in [0.1, 0.15) is 36.0 Å². The molecule has 7 heteroatoms. The number of carbonyl (C=O) groups is 1. The number of ether oxygens (including phenoxy) is 1. The first-order chi connectivity index (χ1) is 13.3. The molecule has 142 valence electrons. The van der Waals surface area contributed by atoms with Gasteiger partial charge in [-0.15, -0.1) is 10.2 Å². The molecule has 4 heterocycles. The van der Waals surface area contributed by atoms with Gasteiger partial charge in [-0.1, -0.05) is 18.2 Å². The van der Waals surface area contributed by atoms with Crippen molar-refractivity contribution in [3.05, 3.63) is 41.5 Å². The van der Waals surface area contributed by atoms with Gasteiger partial charge in [-0.2, -0.15) is 0 Å². The van der Waals surface area contributed by atoms with Crippen molar-refractivity contribution in [1.29, 1.82) is 0 Å². The van der Waals surface area contributed by atoms with Crippen molar-refractivity contribution in [3.8, 4) is 5.75 Å². The average Bonchev–Trinajstić information content (AvgIpc) is 3.17. The predicted octanol–water partition coefficient (Wildman–Crippen LogP) is 1.34. The lowest BCUT2D eigenvalue weighted by Gasteiger charge is -2.35. The Hall–Kier alpha value is -2.41. The van der Waals surface area contributed by atoms with Gasteiger partial charge >= 0.3 is 0 Å². The molecule has 3 aliphatic rings. The van der Waals surface area contributed by atoms with E-state index < -0.39 is 0 Å². The summed E-state index contributed by atoms with van der Waals surface area (Å²) in [6, 6.07) is 8.03. The van der Waals surface area contributed by atoms with Gasteiger partial charge in [0.05, 0.1) is 12.5 Å². The maximum Gasteiger partial charge on any atom is 0.229 e. The molecule has 2 aromatic rings. The number of carbonyl (C=O) groups excluding carboxylic acids is 1. The van der Waals surface area contributed by atoms with Crippen LogP contribution in [0.3, 0.4) is 0 Å². The lowest BCUT2D eigenvalue weighted by molar-refractivity contribution is -0.138. The zero-order chi connectivity index (χ0) is 18.2. The Morgan fingerprint density at radius 2 is 2.00 bits per heavy atom. The molecule has 1 unspecified atom stereocenters. The number of rotatable bonds is 2. The van der Waals surface area contributed by atoms with Gasteiger partial charge in [-0.05, 0) is 30.9 Å². The first-order valence-corrected chi connectivity index (χ1v) is 9.92. The molecule has 27 heavy (non-hydrogen) atoms. The summed E-state index contributed by atoms with van der Waals surface area (Å²) in [4.78, 5) is 15.0. The largest absolute Gasteiger partial charge is 0.492 e. The number of nitrogens with zero attached hydrogens (tertiary/aromatic N) is 4. The van der Waals surface area contributed by atoms with Crippen LogP contribution in [0.15, 0.2) is 24.3 Å². The molecular formula is C20H25N5O2. The number of piperidine rings is 1. The molecule has 0 spiro atoms. The van der Waals surface area contributed by atoms with E-state index >= 15 is 0 Å². The second-order valence-corrected chi connectivity index (χ2v) is 7.72. The second-order valence-electron chi connectivity index (χ2n) is 7.72. The van der Waals surface area contributed by atoms with Gasteiger partial charge < -0.3 is 19.5 Å². The van der Waals surface area contributed by atoms with Crippen molar-refractivity contribution in [3.63, 3.8) is 0 Å². The maximum atomic E-state index is 13.0. The fourth-order valence-corrected chi connectivity index (χ4v) is 4.52. The summed E-state index contributed by atoms with van der Waals surface area (Å²) in [6.07, 6.45) is 2.70. The molecule has 0 saturated carbocycles. The summed E-state index contributed by atoms with van der Waals surface area (Å²) in [5.74, 6) is 3.63. The van der Waals surface area contributed by atoms with Gasteiger partial charge in [0, 0.05) is 32.1 Å². The zero-order valence-electron chi connectivity index (χ0n) is 15.4. The summed E-state index contributed by atoms with van der Waals surface area (Å²) < 4.78 is 8.08. The van der Waals surface area contributed by atoms with Crippen LogP contribution in [0.25, 0.3) is 0 Å². The Bertz CT molecular complexity index is 841. The normalized spacial score (nSPS) is 22.7. The minimum Gasteiger partial charge on any atom is -0.492 e. The molecule has 0 radical (unpaired) electrons. The van der Waals surface area contributed by atoms with Gasteiger partial charge in [0.25, 0.3) is 0 Å². The van der Waals surface area contributed by atoms with Crippen molar-refractivity contribution >= 4 is 5.91 Å². The van der Waals surface area contributed by atoms with Gasteiger partial charge in [0.1, 0.15) is 24.0 Å². The van der Waals surface area contributed by atoms with E-state index in [0.29, 0.717) is 12.5 Å². The fourth-order valence-electron chi connectivity index (χ4n) is 4.52. The van der Waals surface area contributed by atoms with E-state index in [2.05, 4.69) is 26.1 Å². The highest BCUT2D eigenvalue weighted by Gasteiger charge is 2.33. The molecule has 1 fully saturated rings. The van der Waals surface area contributed by atoms with Crippen LogP contribution >= 0.6 is 0 Å². The number of hydrogen-bond acceptors (Lipinski definition) is 5. The topological polar surface area (TPSA) is 72.3 Å². The zero-order valence-corrected chi connectivity index (χ0v) is 15.4. The van der Waals surface area contributed by atoms with Crippen molar-refractivity contribution in [2.24, 2.45) is 5.92 Å². The molecule has 1 saturated heterocycles. The predicted molar refractivity (Wildman–Crippen MR) is 99.4 cm³/mol. The maximum absolute atomic E-state index is 13.0. The molecule has 1 aromatic heterocycles. The van der Waals surface area contributed by atoms with Gasteiger partial charge in [-0.25, -0.2) is 0 Å². The van der Waals surface area contributed by atoms with Crippen LogP contribution in [0.5, 0.6) is 5.75 Å². The van der Waals surface area contributed by atoms with E-state index in [0.717, 1.165) is 74.9 Å². The van der Waals surface area contributed by atoms with Gasteiger partial charge in [0.2, 0.25) is 5.91 Å². The van der Waals surface area contributed by atoms with E-state index in [4.69, 9.17) is 4.74 Å². The van der Waals surface area contributed by atoms with Gasteiger partial charge in [0.15, 0.2) is 0 Å². The molecule has 1 amide bonds. The molecule has 3 aliphatic heterocycles. The second kappa shape index (κ2) is 6.96. The molecular weight excluding hydrogens is 342 g/mol. The lowest BCUT2D eigenvalue weighted by atomic mass is 9.92. The standard InChI is InChI=1S/C20H25N5O2/c26-20(16-11-15-3-1-2-4-17(15)27-13-16)24-8-5-14(6-9-24)19-23-22-18-12-21-7-10-25(18)19/h1-4,14,16,21H,5-13H2. The Morgan fingerprint density at radius 1 is 1.15 bits per heavy atom. The summed E-state index contributed by atoms with van der Waals surface area (Å²) in [5, 5.41) is 12.1. The fraction of sp³-hybridized carbons (Fsp3) is 0.550. The van der Waals surface area contributed by atoms with Crippen molar-refractivity contribution in [2.45, 2.75) is 38.3 Å². The van der Waals surface area contributed by atoms with Crippen molar-refractivity contribution in [1.82, 2.24) is 25.0 Å². The Morgan fingerprint density at radius 3 is 2.89 bits per heavy atom. The van der Waals surface area contributed by atoms with E-state index in [1.54, 1.807) is 0 Å². The van der Waals surface area contributed by atoms with Crippen LogP contribution in [0.2, 0.25) is 0 Å². The molecule has 7 nitrogen and oxygen atoms in total. The molecule has 1 atom stereocenters. The number of likely N-dealkylation sites (tertiary alicyclic amines) is 1. The first-order valence-electron chi connectivity index (χ1n) is 9.92. The third kappa shape index (κ3) is 3.10. The lowest BCUT2D eigenvalue weighted by Crippen LogP contribution is -2.44. The molecule has 5 rings (SSSR count). The number of aromatic nitrogens is 3. The summed E-state index contributed by atoms with van der Waals surface area (Å²) >= 11 is 0. The van der Waals surface area contributed by atoms with Crippen molar-refractivity contribution in [2.75, 3.05) is 26.2 Å². The first kappa shape index (κ1) is 16.7. The minimum absolute atomic E-state index is 0.0663. The Balaban J connectivity index is 1.22. The Labute approximate surface area is 158 Å². The van der Waals surface area contributed by atoms with E-state index in [9.17, 15) is 4.79 Å². The van der Waals surface area contributed by atoms with E-state index in [1.807, 2.05) is 23.1 Å². The number of hydrogen-bond donors (Lipinski definition) is 1. The Kier molecular flexibility index (Phi) is 4.32. The third-order valence-corrected chi connectivity index (χ3v) is 6.05. The van der Waals surface area contributed by atoms with Crippen LogP contribution in [0.4, 0.5) is 0 Å². The minimum atomic E-state index is -0.0663. The van der Waals surface area contributed by atoms with Crippen LogP contribution in [-0.2, 0) is 24.3 Å². The molecule has 0 bridgehead atoms.